The van der Waals surface area contributed by atoms with Crippen molar-refractivity contribution in [3.63, 3.8) is 0 Å². The first-order valence-corrected chi connectivity index (χ1v) is 8.98. The molecular formula is C15H20N2O3S. The van der Waals surface area contributed by atoms with Gasteiger partial charge in [-0.3, -0.25) is 0 Å². The zero-order chi connectivity index (χ0) is 15.1. The van der Waals surface area contributed by atoms with E-state index in [1.807, 2.05) is 24.3 Å². The van der Waals surface area contributed by atoms with Gasteiger partial charge >= 0.3 is 0 Å². The van der Waals surface area contributed by atoms with Crippen LogP contribution in [0.4, 0.5) is 5.69 Å². The molecule has 0 spiro atoms. The van der Waals surface area contributed by atoms with Gasteiger partial charge in [-0.05, 0) is 31.4 Å². The molecule has 0 aromatic heterocycles. The highest BCUT2D eigenvalue weighted by atomic mass is 32.2. The molecule has 1 fully saturated rings. The second kappa shape index (κ2) is 7.32. The predicted molar refractivity (Wildman–Crippen MR) is 82.1 cm³/mol. The molecule has 1 unspecified atom stereocenters. The van der Waals surface area contributed by atoms with Crippen LogP contribution in [-0.2, 0) is 9.84 Å². The molecule has 0 bridgehead atoms. The first kappa shape index (κ1) is 15.6. The number of sulfone groups is 1. The molecule has 0 radical (unpaired) electrons. The maximum atomic E-state index is 11.6. The normalized spacial score (nSPS) is 20.4. The van der Waals surface area contributed by atoms with Crippen molar-refractivity contribution in [3.8, 4) is 11.8 Å². The lowest BCUT2D eigenvalue weighted by Gasteiger charge is -2.24. The largest absolute Gasteiger partial charge is 0.493 e. The molecule has 1 saturated heterocycles. The summed E-state index contributed by atoms with van der Waals surface area (Å²) in [7, 11) is -2.91. The van der Waals surface area contributed by atoms with E-state index in [-0.39, 0.29) is 11.8 Å². The molecule has 1 aliphatic heterocycles. The van der Waals surface area contributed by atoms with Crippen LogP contribution < -0.4 is 10.1 Å². The van der Waals surface area contributed by atoms with Gasteiger partial charge in [0.25, 0.3) is 0 Å². The Morgan fingerprint density at radius 3 is 3.05 bits per heavy atom. The minimum absolute atomic E-state index is 0.0300. The number of rotatable bonds is 6. The van der Waals surface area contributed by atoms with Crippen molar-refractivity contribution >= 4 is 15.5 Å². The SMILES string of the molecule is N#CCCCOc1cccc(NC2CCCS(=O)(=O)C2)c1. The standard InChI is InChI=1S/C15H20N2O3S/c16-8-1-2-9-20-15-7-3-5-13(11-15)17-14-6-4-10-21(18,19)12-14/h3,5,7,11,14,17H,1-2,4,6,9-10,12H2. The van der Waals surface area contributed by atoms with Gasteiger partial charge in [-0.1, -0.05) is 6.07 Å². The fraction of sp³-hybridized carbons (Fsp3) is 0.533. The molecule has 5 nitrogen and oxygen atoms in total. The molecule has 0 amide bonds. The third-order valence-corrected chi connectivity index (χ3v) is 5.19. The number of hydrogen-bond donors (Lipinski definition) is 1. The molecule has 1 aromatic carbocycles. The van der Waals surface area contributed by atoms with E-state index in [0.717, 1.165) is 17.9 Å². The third kappa shape index (κ3) is 5.27. The summed E-state index contributed by atoms with van der Waals surface area (Å²) in [6, 6.07) is 9.55. The Hall–Kier alpha value is -1.74. The number of anilines is 1. The van der Waals surface area contributed by atoms with Gasteiger partial charge in [0, 0.05) is 24.2 Å². The maximum absolute atomic E-state index is 11.6. The number of nitrogens with one attached hydrogen (secondary N) is 1. The molecule has 1 heterocycles. The van der Waals surface area contributed by atoms with Crippen molar-refractivity contribution in [1.82, 2.24) is 0 Å². The summed E-state index contributed by atoms with van der Waals surface area (Å²) in [5.74, 6) is 1.23. The molecule has 0 aliphatic carbocycles. The van der Waals surface area contributed by atoms with Gasteiger partial charge in [0.1, 0.15) is 5.75 Å². The van der Waals surface area contributed by atoms with Crippen LogP contribution in [0, 0.1) is 11.3 Å². The summed E-state index contributed by atoms with van der Waals surface area (Å²) in [5.41, 5.74) is 0.870. The summed E-state index contributed by atoms with van der Waals surface area (Å²) in [6.07, 6.45) is 2.77. The van der Waals surface area contributed by atoms with Crippen molar-refractivity contribution < 1.29 is 13.2 Å². The highest BCUT2D eigenvalue weighted by Gasteiger charge is 2.24. The highest BCUT2D eigenvalue weighted by Crippen LogP contribution is 2.21. The van der Waals surface area contributed by atoms with Crippen LogP contribution in [0.1, 0.15) is 25.7 Å². The zero-order valence-corrected chi connectivity index (χ0v) is 12.7. The number of hydrogen-bond acceptors (Lipinski definition) is 5. The fourth-order valence-corrected chi connectivity index (χ4v) is 4.03. The van der Waals surface area contributed by atoms with Crippen LogP contribution in [0.15, 0.2) is 24.3 Å². The van der Waals surface area contributed by atoms with E-state index in [0.29, 0.717) is 31.6 Å². The summed E-state index contributed by atoms with van der Waals surface area (Å²) < 4.78 is 28.8. The Kier molecular flexibility index (Phi) is 5.45. The summed E-state index contributed by atoms with van der Waals surface area (Å²) in [5, 5.41) is 11.7. The van der Waals surface area contributed by atoms with Crippen LogP contribution in [0.25, 0.3) is 0 Å². The third-order valence-electron chi connectivity index (χ3n) is 3.37. The molecule has 21 heavy (non-hydrogen) atoms. The van der Waals surface area contributed by atoms with E-state index in [2.05, 4.69) is 11.4 Å². The van der Waals surface area contributed by atoms with Crippen molar-refractivity contribution in [2.75, 3.05) is 23.4 Å². The van der Waals surface area contributed by atoms with E-state index in [1.54, 1.807) is 0 Å². The van der Waals surface area contributed by atoms with E-state index in [4.69, 9.17) is 10.00 Å². The van der Waals surface area contributed by atoms with Gasteiger partial charge in [0.2, 0.25) is 0 Å². The van der Waals surface area contributed by atoms with Crippen LogP contribution in [0.5, 0.6) is 5.75 Å². The van der Waals surface area contributed by atoms with Gasteiger partial charge in [-0.2, -0.15) is 5.26 Å². The molecule has 114 valence electrons. The minimum atomic E-state index is -2.91. The lowest BCUT2D eigenvalue weighted by molar-refractivity contribution is 0.313. The number of ether oxygens (including phenoxy) is 1. The molecular weight excluding hydrogens is 288 g/mol. The summed E-state index contributed by atoms with van der Waals surface area (Å²) in [6.45, 7) is 0.509. The predicted octanol–water partition coefficient (Wildman–Crippen LogP) is 2.36. The van der Waals surface area contributed by atoms with E-state index < -0.39 is 9.84 Å². The second-order valence-corrected chi connectivity index (χ2v) is 7.46. The molecule has 2 rings (SSSR count). The highest BCUT2D eigenvalue weighted by molar-refractivity contribution is 7.91. The average Bonchev–Trinajstić information content (AvgIpc) is 2.43. The van der Waals surface area contributed by atoms with Gasteiger partial charge in [-0.15, -0.1) is 0 Å². The van der Waals surface area contributed by atoms with Crippen LogP contribution in [0.2, 0.25) is 0 Å². The van der Waals surface area contributed by atoms with Crippen molar-refractivity contribution in [2.24, 2.45) is 0 Å². The second-order valence-electron chi connectivity index (χ2n) is 5.24. The van der Waals surface area contributed by atoms with Gasteiger partial charge in [-0.25, -0.2) is 8.42 Å². The number of nitrogens with zero attached hydrogens (tertiary/aromatic N) is 1. The minimum Gasteiger partial charge on any atom is -0.493 e. The van der Waals surface area contributed by atoms with E-state index in [1.165, 1.54) is 0 Å². The fourth-order valence-electron chi connectivity index (χ4n) is 2.39. The molecule has 1 atom stereocenters. The average molecular weight is 308 g/mol. The van der Waals surface area contributed by atoms with Crippen molar-refractivity contribution in [3.05, 3.63) is 24.3 Å². The van der Waals surface area contributed by atoms with Crippen LogP contribution in [-0.4, -0.2) is 32.6 Å². The summed E-state index contributed by atoms with van der Waals surface area (Å²) >= 11 is 0. The number of nitriles is 1. The Bertz CT molecular complexity index is 608. The monoisotopic (exact) mass is 308 g/mol. The molecule has 1 N–H and O–H groups in total. The van der Waals surface area contributed by atoms with E-state index >= 15 is 0 Å². The maximum Gasteiger partial charge on any atom is 0.152 e. The smallest absolute Gasteiger partial charge is 0.152 e. The quantitative estimate of drug-likeness (QED) is 0.816. The Balaban J connectivity index is 1.90. The number of unbranched alkanes of at least 4 members (excludes halogenated alkanes) is 1. The zero-order valence-electron chi connectivity index (χ0n) is 11.9. The Labute approximate surface area is 125 Å². The lowest BCUT2D eigenvalue weighted by Crippen LogP contribution is -2.34. The van der Waals surface area contributed by atoms with E-state index in [9.17, 15) is 8.42 Å². The molecule has 0 saturated carbocycles. The van der Waals surface area contributed by atoms with Gasteiger partial charge in [0.05, 0.1) is 24.2 Å². The first-order chi connectivity index (χ1) is 10.1. The van der Waals surface area contributed by atoms with Gasteiger partial charge < -0.3 is 10.1 Å². The molecule has 1 aliphatic rings. The van der Waals surface area contributed by atoms with Crippen molar-refractivity contribution in [2.45, 2.75) is 31.7 Å². The Morgan fingerprint density at radius 2 is 2.29 bits per heavy atom. The molecule has 6 heteroatoms. The topological polar surface area (TPSA) is 79.2 Å². The van der Waals surface area contributed by atoms with Gasteiger partial charge in [0.15, 0.2) is 9.84 Å². The van der Waals surface area contributed by atoms with Crippen LogP contribution in [0.3, 0.4) is 0 Å². The lowest BCUT2D eigenvalue weighted by atomic mass is 10.1. The van der Waals surface area contributed by atoms with Crippen LogP contribution >= 0.6 is 0 Å². The van der Waals surface area contributed by atoms with Crippen molar-refractivity contribution in [1.29, 1.82) is 5.26 Å². The Morgan fingerprint density at radius 1 is 1.43 bits per heavy atom. The summed E-state index contributed by atoms with van der Waals surface area (Å²) in [4.78, 5) is 0. The number of benzene rings is 1. The molecule has 1 aromatic rings. The first-order valence-electron chi connectivity index (χ1n) is 7.16.